The van der Waals surface area contributed by atoms with Gasteiger partial charge in [0, 0.05) is 45.7 Å². The van der Waals surface area contributed by atoms with E-state index in [1.54, 1.807) is 20.3 Å². The number of anilines is 1. The van der Waals surface area contributed by atoms with Crippen LogP contribution in [0.3, 0.4) is 0 Å². The lowest BCUT2D eigenvalue weighted by Gasteiger charge is -2.34. The van der Waals surface area contributed by atoms with Gasteiger partial charge in [0.2, 0.25) is 0 Å². The van der Waals surface area contributed by atoms with Crippen LogP contribution in [0.1, 0.15) is 29.8 Å². The monoisotopic (exact) mass is 277 g/mol. The third kappa shape index (κ3) is 3.48. The lowest BCUT2D eigenvalue weighted by atomic mass is 9.95. The van der Waals surface area contributed by atoms with E-state index in [0.29, 0.717) is 11.6 Å². The van der Waals surface area contributed by atoms with Crippen LogP contribution in [0.5, 0.6) is 0 Å². The van der Waals surface area contributed by atoms with Crippen molar-refractivity contribution in [2.75, 3.05) is 38.7 Å². The van der Waals surface area contributed by atoms with Crippen molar-refractivity contribution in [2.24, 2.45) is 5.92 Å². The van der Waals surface area contributed by atoms with Crippen molar-refractivity contribution in [3.05, 3.63) is 24.0 Å². The smallest absolute Gasteiger partial charge is 0.272 e. The first kappa shape index (κ1) is 14.8. The molecule has 1 aromatic heterocycles. The molecule has 1 saturated heterocycles. The maximum atomic E-state index is 12.0. The van der Waals surface area contributed by atoms with Crippen LogP contribution in [-0.4, -0.2) is 54.7 Å². The highest BCUT2D eigenvalue weighted by Gasteiger charge is 2.20. The molecule has 0 bridgehead atoms. The van der Waals surface area contributed by atoms with Gasteiger partial charge in [0.25, 0.3) is 5.91 Å². The molecule has 1 fully saturated rings. The molecule has 0 aromatic carbocycles. The minimum Gasteiger partial charge on any atom is -0.396 e. The Morgan fingerprint density at radius 1 is 1.55 bits per heavy atom. The van der Waals surface area contributed by atoms with Crippen LogP contribution >= 0.6 is 0 Å². The van der Waals surface area contributed by atoms with E-state index in [4.69, 9.17) is 5.11 Å². The fourth-order valence-corrected chi connectivity index (χ4v) is 2.68. The molecule has 1 atom stereocenters. The summed E-state index contributed by atoms with van der Waals surface area (Å²) < 4.78 is 0. The molecule has 0 aliphatic carbocycles. The third-order valence-electron chi connectivity index (χ3n) is 3.79. The van der Waals surface area contributed by atoms with E-state index in [1.807, 2.05) is 12.1 Å². The van der Waals surface area contributed by atoms with E-state index >= 15 is 0 Å². The molecule has 1 aliphatic heterocycles. The van der Waals surface area contributed by atoms with Gasteiger partial charge >= 0.3 is 0 Å². The van der Waals surface area contributed by atoms with Crippen LogP contribution in [0.4, 0.5) is 5.69 Å². The number of carbonyl (C=O) groups excluding carboxylic acids is 1. The summed E-state index contributed by atoms with van der Waals surface area (Å²) in [7, 11) is 3.46. The highest BCUT2D eigenvalue weighted by atomic mass is 16.3. The standard InChI is InChI=1S/C15H23N3O2/c1-17(2)15(20)14-10-13(5-7-16-14)18-8-3-4-12(11-18)6-9-19/h5,7,10,12,19H,3-4,6,8-9,11H2,1-2H3. The molecule has 1 aliphatic rings. The normalized spacial score (nSPS) is 18.9. The Bertz CT molecular complexity index is 460. The van der Waals surface area contributed by atoms with Gasteiger partial charge in [-0.3, -0.25) is 9.78 Å². The Morgan fingerprint density at radius 3 is 3.05 bits per heavy atom. The lowest BCUT2D eigenvalue weighted by Crippen LogP contribution is -2.36. The van der Waals surface area contributed by atoms with Crippen LogP contribution in [0.25, 0.3) is 0 Å². The zero-order valence-corrected chi connectivity index (χ0v) is 12.2. The second-order valence-electron chi connectivity index (χ2n) is 5.57. The van der Waals surface area contributed by atoms with Gasteiger partial charge in [0.05, 0.1) is 0 Å². The fraction of sp³-hybridized carbons (Fsp3) is 0.600. The summed E-state index contributed by atoms with van der Waals surface area (Å²) >= 11 is 0. The molecule has 1 aromatic rings. The largest absolute Gasteiger partial charge is 0.396 e. The molecular weight excluding hydrogens is 254 g/mol. The number of nitrogens with zero attached hydrogens (tertiary/aromatic N) is 3. The molecule has 2 heterocycles. The van der Waals surface area contributed by atoms with Crippen molar-refractivity contribution < 1.29 is 9.90 Å². The number of pyridine rings is 1. The summed E-state index contributed by atoms with van der Waals surface area (Å²) in [5.41, 5.74) is 1.53. The van der Waals surface area contributed by atoms with Crippen molar-refractivity contribution in [3.8, 4) is 0 Å². The highest BCUT2D eigenvalue weighted by Crippen LogP contribution is 2.25. The molecule has 2 rings (SSSR count). The first-order chi connectivity index (χ1) is 9.61. The quantitative estimate of drug-likeness (QED) is 0.903. The van der Waals surface area contributed by atoms with Crippen LogP contribution in [-0.2, 0) is 0 Å². The van der Waals surface area contributed by atoms with E-state index in [1.165, 1.54) is 11.3 Å². The molecule has 0 saturated carbocycles. The molecule has 110 valence electrons. The van der Waals surface area contributed by atoms with E-state index in [9.17, 15) is 4.79 Å². The first-order valence-electron chi connectivity index (χ1n) is 7.15. The number of amides is 1. The number of rotatable bonds is 4. The Labute approximate surface area is 120 Å². The molecule has 1 unspecified atom stereocenters. The zero-order chi connectivity index (χ0) is 14.5. The molecule has 5 nitrogen and oxygen atoms in total. The second kappa shape index (κ2) is 6.70. The maximum Gasteiger partial charge on any atom is 0.272 e. The lowest BCUT2D eigenvalue weighted by molar-refractivity contribution is 0.0822. The van der Waals surface area contributed by atoms with Crippen LogP contribution in [0, 0.1) is 5.92 Å². The van der Waals surface area contributed by atoms with Crippen LogP contribution < -0.4 is 4.90 Å². The summed E-state index contributed by atoms with van der Waals surface area (Å²) in [6.45, 7) is 2.20. The van der Waals surface area contributed by atoms with Gasteiger partial charge in [-0.15, -0.1) is 0 Å². The van der Waals surface area contributed by atoms with Gasteiger partial charge in [0.15, 0.2) is 0 Å². The van der Waals surface area contributed by atoms with Gasteiger partial charge in [0.1, 0.15) is 5.69 Å². The number of piperidine rings is 1. The summed E-state index contributed by atoms with van der Waals surface area (Å²) in [6.07, 6.45) is 4.85. The highest BCUT2D eigenvalue weighted by molar-refractivity contribution is 5.92. The van der Waals surface area contributed by atoms with Gasteiger partial charge < -0.3 is 14.9 Å². The van der Waals surface area contributed by atoms with Crippen molar-refractivity contribution in [1.29, 1.82) is 0 Å². The van der Waals surface area contributed by atoms with E-state index in [0.717, 1.165) is 31.6 Å². The molecule has 1 N–H and O–H groups in total. The predicted molar refractivity (Wildman–Crippen MR) is 78.9 cm³/mol. The Morgan fingerprint density at radius 2 is 2.35 bits per heavy atom. The SMILES string of the molecule is CN(C)C(=O)c1cc(N2CCCC(CCO)C2)ccn1. The average molecular weight is 277 g/mol. The topological polar surface area (TPSA) is 56.7 Å². The number of aliphatic hydroxyl groups is 1. The number of aliphatic hydroxyl groups excluding tert-OH is 1. The molecule has 20 heavy (non-hydrogen) atoms. The average Bonchev–Trinajstić information content (AvgIpc) is 2.47. The molecule has 0 spiro atoms. The van der Waals surface area contributed by atoms with Gasteiger partial charge in [-0.2, -0.15) is 0 Å². The van der Waals surface area contributed by atoms with E-state index in [-0.39, 0.29) is 12.5 Å². The van der Waals surface area contributed by atoms with Gasteiger partial charge in [-0.05, 0) is 37.3 Å². The van der Waals surface area contributed by atoms with Crippen molar-refractivity contribution in [1.82, 2.24) is 9.88 Å². The summed E-state index contributed by atoms with van der Waals surface area (Å²) in [4.78, 5) is 19.9. The molecule has 0 radical (unpaired) electrons. The van der Waals surface area contributed by atoms with Crippen molar-refractivity contribution in [2.45, 2.75) is 19.3 Å². The fourth-order valence-electron chi connectivity index (χ4n) is 2.68. The summed E-state index contributed by atoms with van der Waals surface area (Å²) in [5, 5.41) is 9.07. The van der Waals surface area contributed by atoms with Crippen molar-refractivity contribution >= 4 is 11.6 Å². The number of hydrogen-bond acceptors (Lipinski definition) is 4. The predicted octanol–water partition coefficient (Wildman–Crippen LogP) is 1.38. The van der Waals surface area contributed by atoms with Crippen LogP contribution in [0.15, 0.2) is 18.3 Å². The maximum absolute atomic E-state index is 12.0. The second-order valence-corrected chi connectivity index (χ2v) is 5.57. The molecule has 5 heteroatoms. The summed E-state index contributed by atoms with van der Waals surface area (Å²) in [5.74, 6) is 0.464. The first-order valence-corrected chi connectivity index (χ1v) is 7.15. The molecular formula is C15H23N3O2. The zero-order valence-electron chi connectivity index (χ0n) is 12.2. The number of hydrogen-bond donors (Lipinski definition) is 1. The number of carbonyl (C=O) groups is 1. The van der Waals surface area contributed by atoms with Crippen molar-refractivity contribution in [3.63, 3.8) is 0 Å². The Hall–Kier alpha value is -1.62. The number of aromatic nitrogens is 1. The van der Waals surface area contributed by atoms with Gasteiger partial charge in [-0.1, -0.05) is 0 Å². The van der Waals surface area contributed by atoms with E-state index < -0.39 is 0 Å². The van der Waals surface area contributed by atoms with Gasteiger partial charge in [-0.25, -0.2) is 0 Å². The third-order valence-corrected chi connectivity index (χ3v) is 3.79. The summed E-state index contributed by atoms with van der Waals surface area (Å²) in [6, 6.07) is 3.82. The Kier molecular flexibility index (Phi) is 4.95. The minimum absolute atomic E-state index is 0.0734. The molecule has 1 amide bonds. The van der Waals surface area contributed by atoms with E-state index in [2.05, 4.69) is 9.88 Å². The minimum atomic E-state index is -0.0734. The Balaban J connectivity index is 2.12. The van der Waals surface area contributed by atoms with Crippen LogP contribution in [0.2, 0.25) is 0 Å².